The van der Waals surface area contributed by atoms with Gasteiger partial charge in [0, 0.05) is 100 Å². The van der Waals surface area contributed by atoms with Crippen LogP contribution in [-0.4, -0.2) is 104 Å². The first-order chi connectivity index (χ1) is 33.9. The number of hydrogen-bond acceptors (Lipinski definition) is 12. The molecule has 4 aliphatic heterocycles. The summed E-state index contributed by atoms with van der Waals surface area (Å²) in [6.45, 7) is 17.5. The van der Waals surface area contributed by atoms with Gasteiger partial charge in [-0.15, -0.1) is 0 Å². The van der Waals surface area contributed by atoms with Crippen LogP contribution in [0.1, 0.15) is 37.8 Å². The maximum Gasteiger partial charge on any atom is 0.152 e. The van der Waals surface area contributed by atoms with Crippen molar-refractivity contribution in [1.82, 2.24) is 24.9 Å². The number of pyridine rings is 5. The maximum atomic E-state index is 15.6. The monoisotopic (exact) mass is 974 g/mol. The predicted octanol–water partition coefficient (Wildman–Crippen LogP) is 10.9. The van der Waals surface area contributed by atoms with E-state index in [2.05, 4.69) is 54.8 Å². The summed E-state index contributed by atoms with van der Waals surface area (Å²) >= 11 is 6.36. The van der Waals surface area contributed by atoms with Gasteiger partial charge >= 0.3 is 0 Å². The first-order valence-electron chi connectivity index (χ1n) is 24.0. The maximum absolute atomic E-state index is 15.6. The van der Waals surface area contributed by atoms with Crippen molar-refractivity contribution in [3.8, 4) is 22.5 Å². The van der Waals surface area contributed by atoms with Crippen molar-refractivity contribution in [2.45, 2.75) is 40.5 Å². The summed E-state index contributed by atoms with van der Waals surface area (Å²) in [6, 6.07) is 14.2. The van der Waals surface area contributed by atoms with Crippen LogP contribution in [0.5, 0.6) is 0 Å². The third kappa shape index (κ3) is 9.73. The van der Waals surface area contributed by atoms with Crippen molar-refractivity contribution in [3.05, 3.63) is 113 Å². The molecule has 7 aromatic rings. The lowest BCUT2D eigenvalue weighted by Crippen LogP contribution is -2.38. The molecule has 70 heavy (non-hydrogen) atoms. The van der Waals surface area contributed by atoms with Crippen LogP contribution < -0.4 is 24.9 Å². The van der Waals surface area contributed by atoms with Crippen LogP contribution in [0.3, 0.4) is 0 Å². The van der Waals surface area contributed by atoms with Gasteiger partial charge in [-0.2, -0.15) is 0 Å². The lowest BCUT2D eigenvalue weighted by molar-refractivity contribution is 0.122. The summed E-state index contributed by atoms with van der Waals surface area (Å²) in [7, 11) is 0. The number of nitrogens with one attached hydrogen (secondary N) is 1. The van der Waals surface area contributed by atoms with Gasteiger partial charge in [-0.25, -0.2) is 42.5 Å². The summed E-state index contributed by atoms with van der Waals surface area (Å²) in [5, 5.41) is 4.18. The van der Waals surface area contributed by atoms with Gasteiger partial charge < -0.3 is 34.4 Å². The zero-order valence-corrected chi connectivity index (χ0v) is 40.5. The molecule has 17 heteroatoms. The van der Waals surface area contributed by atoms with E-state index in [1.807, 2.05) is 37.4 Å². The highest BCUT2D eigenvalue weighted by Crippen LogP contribution is 2.41. The fourth-order valence-electron chi connectivity index (χ4n) is 9.89. The highest BCUT2D eigenvalue weighted by molar-refractivity contribution is 6.36. The molecule has 0 spiro atoms. The highest BCUT2D eigenvalue weighted by Gasteiger charge is 2.26. The molecule has 2 unspecified atom stereocenters. The summed E-state index contributed by atoms with van der Waals surface area (Å²) in [6.07, 6.45) is 7.75. The molecular weight excluding hydrogens is 920 g/mol. The third-order valence-corrected chi connectivity index (χ3v) is 14.2. The molecule has 11 rings (SSSR count). The SMILES string of the molecule is Cc1c(-c2ccc(N3CCC(C)C3)nc2)nc2cc(F)cc(F)c2c1Cl.Cc1c(-c2ccc(N3CCC(C)C3)nc2)nc2cc(F)cc(F)c2c1Nc1cc(N2CCOCC2)cnc1N1CCOCC1. The number of aromatic nitrogens is 5. The molecule has 9 heterocycles. The standard InChI is InChI=1S/C33H37F2N7O2.C20H18ClF2N3/c1-21-5-6-42(20-21)29-4-3-23(18-36-29)31-22(2)32(30-26(35)15-24(34)16-27(30)38-31)39-28-17-25(40-7-11-43-12-8-40)19-37-33(28)41-9-13-44-14-10-41;1-11-5-6-26(10-11)17-4-3-13(9-24-17)20-12(2)19(21)18-15(23)7-14(22)8-16(18)25-20/h3-4,15-19,21H,5-14,20H2,1-2H3,(H,38,39);3-4,7-9,11H,5-6,10H2,1-2H3. The Kier molecular flexibility index (Phi) is 13.6. The Bertz CT molecular complexity index is 3050. The van der Waals surface area contributed by atoms with Crippen LogP contribution >= 0.6 is 11.6 Å². The lowest BCUT2D eigenvalue weighted by Gasteiger charge is -2.32. The second-order valence-electron chi connectivity index (χ2n) is 18.8. The molecule has 4 saturated heterocycles. The molecule has 12 nitrogen and oxygen atoms in total. The van der Waals surface area contributed by atoms with E-state index in [0.717, 1.165) is 103 Å². The number of benzene rings is 2. The Morgan fingerprint density at radius 1 is 0.586 bits per heavy atom. The number of fused-ring (bicyclic) bond motifs is 2. The quantitative estimate of drug-likeness (QED) is 0.147. The van der Waals surface area contributed by atoms with Gasteiger partial charge in [-0.1, -0.05) is 25.4 Å². The van der Waals surface area contributed by atoms with Crippen LogP contribution in [0, 0.1) is 49.0 Å². The smallest absolute Gasteiger partial charge is 0.152 e. The van der Waals surface area contributed by atoms with Crippen LogP contribution in [0.2, 0.25) is 5.02 Å². The van der Waals surface area contributed by atoms with Crippen LogP contribution in [0.4, 0.5) is 52.1 Å². The van der Waals surface area contributed by atoms with E-state index in [9.17, 15) is 13.2 Å². The van der Waals surface area contributed by atoms with Gasteiger partial charge in [0.15, 0.2) is 5.82 Å². The Morgan fingerprint density at radius 3 is 1.61 bits per heavy atom. The van der Waals surface area contributed by atoms with Crippen LogP contribution in [-0.2, 0) is 9.47 Å². The molecule has 5 aromatic heterocycles. The van der Waals surface area contributed by atoms with Gasteiger partial charge in [-0.3, -0.25) is 0 Å². The first-order valence-corrected chi connectivity index (χ1v) is 24.4. The van der Waals surface area contributed by atoms with E-state index in [1.165, 1.54) is 18.6 Å². The minimum Gasteiger partial charge on any atom is -0.378 e. The number of ether oxygens (including phenoxy) is 2. The van der Waals surface area contributed by atoms with Gasteiger partial charge in [0.1, 0.15) is 34.9 Å². The summed E-state index contributed by atoms with van der Waals surface area (Å²) < 4.78 is 69.0. The van der Waals surface area contributed by atoms with Crippen molar-refractivity contribution in [3.63, 3.8) is 0 Å². The average Bonchev–Trinajstić information content (AvgIpc) is 4.01. The van der Waals surface area contributed by atoms with Crippen molar-refractivity contribution >= 4 is 67.9 Å². The molecule has 0 amide bonds. The molecule has 2 atom stereocenters. The number of hydrogen-bond donors (Lipinski definition) is 1. The molecule has 4 aliphatic rings. The topological polar surface area (TPSA) is 108 Å². The molecule has 0 bridgehead atoms. The Balaban J connectivity index is 0.000000185. The van der Waals surface area contributed by atoms with Crippen molar-refractivity contribution in [2.24, 2.45) is 11.8 Å². The molecule has 4 fully saturated rings. The highest BCUT2D eigenvalue weighted by atomic mass is 35.5. The molecule has 0 saturated carbocycles. The van der Waals surface area contributed by atoms with E-state index >= 15 is 4.39 Å². The molecule has 0 radical (unpaired) electrons. The Morgan fingerprint density at radius 2 is 1.10 bits per heavy atom. The number of nitrogens with zero attached hydrogens (tertiary/aromatic N) is 9. The van der Waals surface area contributed by atoms with Crippen molar-refractivity contribution < 1.29 is 27.0 Å². The summed E-state index contributed by atoms with van der Waals surface area (Å²) in [4.78, 5) is 32.4. The minimum atomic E-state index is -0.705. The van der Waals surface area contributed by atoms with Crippen molar-refractivity contribution in [2.75, 3.05) is 104 Å². The largest absolute Gasteiger partial charge is 0.378 e. The van der Waals surface area contributed by atoms with E-state index in [1.54, 1.807) is 19.3 Å². The van der Waals surface area contributed by atoms with E-state index in [4.69, 9.17) is 36.0 Å². The van der Waals surface area contributed by atoms with Crippen LogP contribution in [0.15, 0.2) is 73.2 Å². The summed E-state index contributed by atoms with van der Waals surface area (Å²) in [5.74, 6) is 1.19. The molecular formula is C53H55ClF4N10O2. The third-order valence-electron chi connectivity index (χ3n) is 13.8. The van der Waals surface area contributed by atoms with Gasteiger partial charge in [-0.05, 0) is 80.0 Å². The molecule has 364 valence electrons. The first kappa shape index (κ1) is 47.3. The number of rotatable bonds is 8. The van der Waals surface area contributed by atoms with Gasteiger partial charge in [0.2, 0.25) is 0 Å². The van der Waals surface area contributed by atoms with Gasteiger partial charge in [0.25, 0.3) is 0 Å². The molecule has 2 aromatic carbocycles. The van der Waals surface area contributed by atoms with Crippen molar-refractivity contribution in [1.29, 1.82) is 0 Å². The lowest BCUT2D eigenvalue weighted by atomic mass is 10.0. The number of halogens is 5. The summed E-state index contributed by atoms with van der Waals surface area (Å²) in [5.41, 5.74) is 6.77. The Labute approximate surface area is 409 Å². The predicted molar refractivity (Wildman–Crippen MR) is 270 cm³/mol. The Hall–Kier alpha value is -6.36. The van der Waals surface area contributed by atoms with Crippen LogP contribution in [0.25, 0.3) is 44.3 Å². The minimum absolute atomic E-state index is 0.143. The van der Waals surface area contributed by atoms with E-state index in [0.29, 0.717) is 74.0 Å². The molecule has 0 aliphatic carbocycles. The molecule has 1 N–H and O–H groups in total. The van der Waals surface area contributed by atoms with E-state index < -0.39 is 23.3 Å². The van der Waals surface area contributed by atoms with Gasteiger partial charge in [0.05, 0.1) is 87.9 Å². The second-order valence-corrected chi connectivity index (χ2v) is 19.2. The second kappa shape index (κ2) is 20.2. The fraction of sp³-hybridized carbons (Fsp3) is 0.377. The zero-order valence-electron chi connectivity index (χ0n) is 39.7. The van der Waals surface area contributed by atoms with E-state index in [-0.39, 0.29) is 26.8 Å². The number of anilines is 6. The average molecular weight is 976 g/mol. The zero-order chi connectivity index (χ0) is 48.6. The number of morpholine rings is 2. The fourth-order valence-corrected chi connectivity index (χ4v) is 10.2. The normalized spacial score (nSPS) is 18.5.